The Hall–Kier alpha value is -2.03. The molecule has 28 heavy (non-hydrogen) atoms. The number of hydrogen-bond acceptors (Lipinski definition) is 4. The topological polar surface area (TPSA) is 58.6 Å². The molecule has 1 N–H and O–H groups in total. The maximum atomic E-state index is 12.3. The van der Waals surface area contributed by atoms with E-state index in [1.807, 2.05) is 31.2 Å². The van der Waals surface area contributed by atoms with Gasteiger partial charge in [0.2, 0.25) is 0 Å². The number of aryl methyl sites for hydroxylation is 1. The first kappa shape index (κ1) is 20.7. The minimum absolute atomic E-state index is 0.0169. The molecule has 2 aromatic carbocycles. The van der Waals surface area contributed by atoms with Crippen LogP contribution < -0.4 is 10.1 Å². The summed E-state index contributed by atoms with van der Waals surface area (Å²) in [5.74, 6) is -0.318. The van der Waals surface area contributed by atoms with Crippen LogP contribution in [0.4, 0.5) is 0 Å². The normalized spacial score (nSPS) is 15.8. The van der Waals surface area contributed by atoms with Gasteiger partial charge in [0, 0.05) is 7.05 Å². The first-order chi connectivity index (χ1) is 13.3. The fourth-order valence-corrected chi connectivity index (χ4v) is 4.18. The number of rotatable bonds is 4. The average molecular weight is 524 g/mol. The Morgan fingerprint density at radius 1 is 1.14 bits per heavy atom. The Morgan fingerprint density at radius 3 is 2.36 bits per heavy atom. The zero-order valence-electron chi connectivity index (χ0n) is 15.1. The van der Waals surface area contributed by atoms with Crippen molar-refractivity contribution in [3.05, 3.63) is 67.6 Å². The summed E-state index contributed by atoms with van der Waals surface area (Å²) in [5, 5.41) is 2.59. The van der Waals surface area contributed by atoms with Gasteiger partial charge in [0.15, 0.2) is 5.11 Å². The predicted octanol–water partition coefficient (Wildman–Crippen LogP) is 4.36. The van der Waals surface area contributed by atoms with Crippen molar-refractivity contribution in [2.24, 2.45) is 0 Å². The standard InChI is InChI=1S/C20H16Br2N2O3S/c1-11-3-5-12(6-4-11)10-27-17-15(21)8-13(9-16(17)22)7-14-18(25)23-20(28)24(2)19(14)26/h3-9H,10H2,1-2H3,(H,23,25,28)/b14-7+. The van der Waals surface area contributed by atoms with Crippen molar-refractivity contribution in [2.45, 2.75) is 13.5 Å². The largest absolute Gasteiger partial charge is 0.487 e. The minimum atomic E-state index is -0.514. The van der Waals surface area contributed by atoms with Crippen molar-refractivity contribution in [3.8, 4) is 5.75 Å². The van der Waals surface area contributed by atoms with Crippen LogP contribution in [0.15, 0.2) is 50.9 Å². The summed E-state index contributed by atoms with van der Waals surface area (Å²) in [6, 6.07) is 11.7. The molecule has 0 bridgehead atoms. The Morgan fingerprint density at radius 2 is 1.75 bits per heavy atom. The molecule has 5 nitrogen and oxygen atoms in total. The highest BCUT2D eigenvalue weighted by Crippen LogP contribution is 2.36. The smallest absolute Gasteiger partial charge is 0.265 e. The zero-order chi connectivity index (χ0) is 20.4. The third-order valence-corrected chi connectivity index (χ3v) is 5.69. The number of carbonyl (C=O) groups excluding carboxylic acids is 2. The van der Waals surface area contributed by atoms with Crippen molar-refractivity contribution in [2.75, 3.05) is 7.05 Å². The highest BCUT2D eigenvalue weighted by Gasteiger charge is 2.30. The molecular weight excluding hydrogens is 508 g/mol. The Balaban J connectivity index is 1.83. The van der Waals surface area contributed by atoms with Crippen LogP contribution in [0, 0.1) is 6.92 Å². The molecule has 0 atom stereocenters. The molecule has 1 fully saturated rings. The lowest BCUT2D eigenvalue weighted by Gasteiger charge is -2.25. The van der Waals surface area contributed by atoms with Crippen LogP contribution >= 0.6 is 44.1 Å². The fraction of sp³-hybridized carbons (Fsp3) is 0.150. The lowest BCUT2D eigenvalue weighted by molar-refractivity contribution is -0.128. The molecular formula is C20H16Br2N2O3S. The van der Waals surface area contributed by atoms with Crippen molar-refractivity contribution in [3.63, 3.8) is 0 Å². The number of hydrogen-bond donors (Lipinski definition) is 1. The van der Waals surface area contributed by atoms with Gasteiger partial charge in [-0.05, 0) is 80.3 Å². The van der Waals surface area contributed by atoms with E-state index in [9.17, 15) is 9.59 Å². The molecule has 1 aliphatic heterocycles. The number of benzene rings is 2. The molecule has 8 heteroatoms. The molecule has 1 heterocycles. The van der Waals surface area contributed by atoms with E-state index in [1.165, 1.54) is 23.6 Å². The predicted molar refractivity (Wildman–Crippen MR) is 119 cm³/mol. The van der Waals surface area contributed by atoms with Crippen molar-refractivity contribution >= 4 is 67.1 Å². The SMILES string of the molecule is Cc1ccc(COc2c(Br)cc(/C=C3\C(=O)NC(=S)N(C)C3=O)cc2Br)cc1. The Labute approximate surface area is 185 Å². The molecule has 2 amide bonds. The number of nitrogens with zero attached hydrogens (tertiary/aromatic N) is 1. The maximum Gasteiger partial charge on any atom is 0.265 e. The van der Waals surface area contributed by atoms with Crippen LogP contribution in [-0.4, -0.2) is 28.9 Å². The summed E-state index contributed by atoms with van der Waals surface area (Å²) in [6.07, 6.45) is 1.52. The monoisotopic (exact) mass is 522 g/mol. The van der Waals surface area contributed by atoms with Gasteiger partial charge in [0.25, 0.3) is 11.8 Å². The Bertz CT molecular complexity index is 980. The first-order valence-electron chi connectivity index (χ1n) is 8.28. The van der Waals surface area contributed by atoms with Gasteiger partial charge in [0.1, 0.15) is 17.9 Å². The van der Waals surface area contributed by atoms with Crippen molar-refractivity contribution in [1.82, 2.24) is 10.2 Å². The highest BCUT2D eigenvalue weighted by molar-refractivity contribution is 9.11. The van der Waals surface area contributed by atoms with Gasteiger partial charge < -0.3 is 4.74 Å². The van der Waals surface area contributed by atoms with Crippen LogP contribution in [0.1, 0.15) is 16.7 Å². The van der Waals surface area contributed by atoms with Crippen molar-refractivity contribution in [1.29, 1.82) is 0 Å². The van der Waals surface area contributed by atoms with Gasteiger partial charge in [-0.2, -0.15) is 0 Å². The van der Waals surface area contributed by atoms with Crippen LogP contribution in [-0.2, 0) is 16.2 Å². The molecule has 0 unspecified atom stereocenters. The molecule has 3 rings (SSSR count). The number of likely N-dealkylation sites (N-methyl/N-ethyl adjacent to an activating group) is 1. The Kier molecular flexibility index (Phi) is 6.32. The van der Waals surface area contributed by atoms with Gasteiger partial charge in [0.05, 0.1) is 8.95 Å². The van der Waals surface area contributed by atoms with E-state index >= 15 is 0 Å². The molecule has 2 aromatic rings. The molecule has 1 saturated heterocycles. The quantitative estimate of drug-likeness (QED) is 0.367. The summed E-state index contributed by atoms with van der Waals surface area (Å²) < 4.78 is 7.33. The fourth-order valence-electron chi connectivity index (χ4n) is 2.55. The molecule has 0 aromatic heterocycles. The van der Waals surface area contributed by atoms with E-state index in [1.54, 1.807) is 12.1 Å². The number of halogens is 2. The number of nitrogens with one attached hydrogen (secondary N) is 1. The summed E-state index contributed by atoms with van der Waals surface area (Å²) >= 11 is 11.9. The van der Waals surface area contributed by atoms with Gasteiger partial charge >= 0.3 is 0 Å². The summed E-state index contributed by atoms with van der Waals surface area (Å²) in [4.78, 5) is 25.7. The van der Waals surface area contributed by atoms with Crippen LogP contribution in [0.2, 0.25) is 0 Å². The molecule has 144 valence electrons. The lowest BCUT2D eigenvalue weighted by atomic mass is 10.1. The minimum Gasteiger partial charge on any atom is -0.487 e. The molecule has 0 spiro atoms. The third kappa shape index (κ3) is 4.51. The van der Waals surface area contributed by atoms with Crippen LogP contribution in [0.5, 0.6) is 5.75 Å². The second-order valence-electron chi connectivity index (χ2n) is 6.27. The molecule has 1 aliphatic rings. The zero-order valence-corrected chi connectivity index (χ0v) is 19.1. The number of ether oxygens (including phenoxy) is 1. The van der Waals surface area contributed by atoms with E-state index in [4.69, 9.17) is 17.0 Å². The summed E-state index contributed by atoms with van der Waals surface area (Å²) in [7, 11) is 1.52. The van der Waals surface area contributed by atoms with E-state index in [-0.39, 0.29) is 10.7 Å². The van der Waals surface area contributed by atoms with Crippen molar-refractivity contribution < 1.29 is 14.3 Å². The molecule has 0 aliphatic carbocycles. The molecule has 0 radical (unpaired) electrons. The number of carbonyl (C=O) groups is 2. The highest BCUT2D eigenvalue weighted by atomic mass is 79.9. The van der Waals surface area contributed by atoms with E-state index < -0.39 is 11.8 Å². The van der Waals surface area contributed by atoms with Gasteiger partial charge in [-0.15, -0.1) is 0 Å². The van der Waals surface area contributed by atoms with E-state index in [0.29, 0.717) is 26.9 Å². The van der Waals surface area contributed by atoms with E-state index in [0.717, 1.165) is 5.56 Å². The van der Waals surface area contributed by atoms with Crippen LogP contribution in [0.25, 0.3) is 6.08 Å². The van der Waals surface area contributed by atoms with Gasteiger partial charge in [-0.3, -0.25) is 19.8 Å². The van der Waals surface area contributed by atoms with E-state index in [2.05, 4.69) is 37.2 Å². The second-order valence-corrected chi connectivity index (χ2v) is 8.36. The lowest BCUT2D eigenvalue weighted by Crippen LogP contribution is -2.52. The maximum absolute atomic E-state index is 12.3. The third-order valence-electron chi connectivity index (χ3n) is 4.14. The van der Waals surface area contributed by atoms with Gasteiger partial charge in [-0.25, -0.2) is 0 Å². The summed E-state index contributed by atoms with van der Waals surface area (Å²) in [5.41, 5.74) is 2.93. The summed E-state index contributed by atoms with van der Waals surface area (Å²) in [6.45, 7) is 2.45. The average Bonchev–Trinajstić information content (AvgIpc) is 2.64. The number of amides is 2. The van der Waals surface area contributed by atoms with Gasteiger partial charge in [-0.1, -0.05) is 29.8 Å². The number of thiocarbonyl (C=S) groups is 1. The first-order valence-corrected chi connectivity index (χ1v) is 10.3. The molecule has 0 saturated carbocycles. The second kappa shape index (κ2) is 8.55. The van der Waals surface area contributed by atoms with Crippen LogP contribution in [0.3, 0.4) is 0 Å².